The smallest absolute Gasteiger partial charge is 0.163 e. The van der Waals surface area contributed by atoms with Crippen LogP contribution in [-0.4, -0.2) is 10.9 Å². The van der Waals surface area contributed by atoms with E-state index in [1.54, 1.807) is 18.2 Å². The fourth-order valence-corrected chi connectivity index (χ4v) is 1.17. The van der Waals surface area contributed by atoms with Gasteiger partial charge in [0.15, 0.2) is 5.78 Å². The van der Waals surface area contributed by atoms with Gasteiger partial charge in [0, 0.05) is 5.56 Å². The average molecular weight is 201 g/mol. The van der Waals surface area contributed by atoms with E-state index in [4.69, 9.17) is 11.9 Å². The summed E-state index contributed by atoms with van der Waals surface area (Å²) < 4.78 is 4.34. The molecule has 0 bridgehead atoms. The number of phenols is 1. The van der Waals surface area contributed by atoms with E-state index in [1.165, 1.54) is 6.92 Å². The first-order valence-corrected chi connectivity index (χ1v) is 4.03. The summed E-state index contributed by atoms with van der Waals surface area (Å²) in [6.07, 6.45) is 0. The molecule has 0 aliphatic carbocycles. The number of Topliss-reactive ketones (excluding diaryl/α,β-unsaturated/α-hetero) is 1. The zero-order valence-corrected chi connectivity index (χ0v) is 7.84. The number of carbonyl (C=O) groups is 1. The van der Waals surface area contributed by atoms with Crippen LogP contribution in [0.4, 0.5) is 0 Å². The number of phenolic OH excluding ortho intramolecular Hbond substituents is 1. The van der Waals surface area contributed by atoms with Crippen LogP contribution >= 0.6 is 11.9 Å². The van der Waals surface area contributed by atoms with Gasteiger partial charge < -0.3 is 5.11 Å². The molecule has 0 fully saturated rings. The molecule has 1 N–H and O–H groups in total. The van der Waals surface area contributed by atoms with Gasteiger partial charge >= 0.3 is 0 Å². The molecule has 0 heterocycles. The van der Waals surface area contributed by atoms with Crippen molar-refractivity contribution < 1.29 is 14.2 Å². The Kier molecular flexibility index (Phi) is 3.28. The number of carbonyl (C=O) groups excluding carboxylic acids is 1. The van der Waals surface area contributed by atoms with Gasteiger partial charge in [0.1, 0.15) is 5.75 Å². The van der Waals surface area contributed by atoms with E-state index in [9.17, 15) is 9.90 Å². The molecule has 0 saturated heterocycles. The molecule has 13 heavy (non-hydrogen) atoms. The maximum atomic E-state index is 11.0. The first kappa shape index (κ1) is 10.0. The Balaban J connectivity index is 3.10. The second-order valence-electron chi connectivity index (χ2n) is 2.62. The predicted molar refractivity (Wildman–Crippen MR) is 48.8 cm³/mol. The average Bonchev–Trinajstić information content (AvgIpc) is 2.08. The fraction of sp³-hybridized carbons (Fsp3) is 0.222. The number of benzene rings is 1. The third-order valence-corrected chi connectivity index (χ3v) is 1.82. The van der Waals surface area contributed by atoms with E-state index >= 15 is 0 Å². The standard InChI is InChI=1S/C9H9ClO3/c1-6(11)8-4-2-3-7(5-13-10)9(8)12/h2-4,12H,5H2,1H3. The fourth-order valence-electron chi connectivity index (χ4n) is 1.05. The van der Waals surface area contributed by atoms with Gasteiger partial charge in [-0.1, -0.05) is 12.1 Å². The van der Waals surface area contributed by atoms with E-state index in [0.29, 0.717) is 5.56 Å². The van der Waals surface area contributed by atoms with Crippen molar-refractivity contribution in [3.05, 3.63) is 29.3 Å². The molecule has 0 radical (unpaired) electrons. The first-order valence-electron chi connectivity index (χ1n) is 3.72. The largest absolute Gasteiger partial charge is 0.507 e. The topological polar surface area (TPSA) is 46.5 Å². The van der Waals surface area contributed by atoms with Crippen molar-refractivity contribution in [2.45, 2.75) is 13.5 Å². The molecule has 0 aromatic heterocycles. The second kappa shape index (κ2) is 4.25. The third kappa shape index (κ3) is 2.20. The predicted octanol–water partition coefficient (Wildman–Crippen LogP) is 2.27. The molecule has 70 valence electrons. The molecule has 0 spiro atoms. The van der Waals surface area contributed by atoms with Gasteiger partial charge in [-0.15, -0.1) is 0 Å². The SMILES string of the molecule is CC(=O)c1cccc(COCl)c1O. The summed E-state index contributed by atoms with van der Waals surface area (Å²) in [5.41, 5.74) is 0.786. The number of para-hydroxylation sites is 1. The summed E-state index contributed by atoms with van der Waals surface area (Å²) in [5, 5.41) is 9.53. The summed E-state index contributed by atoms with van der Waals surface area (Å²) >= 11 is 5.04. The van der Waals surface area contributed by atoms with Crippen LogP contribution in [0.25, 0.3) is 0 Å². The van der Waals surface area contributed by atoms with Crippen LogP contribution in [0.1, 0.15) is 22.8 Å². The lowest BCUT2D eigenvalue weighted by molar-refractivity contribution is 0.101. The zero-order chi connectivity index (χ0) is 9.84. The lowest BCUT2D eigenvalue weighted by Crippen LogP contribution is -1.95. The third-order valence-electron chi connectivity index (χ3n) is 1.71. The number of ketones is 1. The monoisotopic (exact) mass is 200 g/mol. The van der Waals surface area contributed by atoms with Gasteiger partial charge in [0.25, 0.3) is 0 Å². The molecular weight excluding hydrogens is 192 g/mol. The van der Waals surface area contributed by atoms with Gasteiger partial charge in [-0.05, 0) is 13.0 Å². The van der Waals surface area contributed by atoms with E-state index < -0.39 is 0 Å². The summed E-state index contributed by atoms with van der Waals surface area (Å²) in [6.45, 7) is 1.47. The summed E-state index contributed by atoms with van der Waals surface area (Å²) in [5.74, 6) is -0.246. The van der Waals surface area contributed by atoms with Crippen molar-refractivity contribution in [2.24, 2.45) is 0 Å². The van der Waals surface area contributed by atoms with Crippen molar-refractivity contribution in [2.75, 3.05) is 0 Å². The molecule has 0 aliphatic rings. The summed E-state index contributed by atoms with van der Waals surface area (Å²) in [6, 6.07) is 4.86. The van der Waals surface area contributed by atoms with E-state index in [1.807, 2.05) is 0 Å². The molecule has 1 rings (SSSR count). The van der Waals surface area contributed by atoms with E-state index in [0.717, 1.165) is 0 Å². The van der Waals surface area contributed by atoms with Gasteiger partial charge in [-0.25, -0.2) is 0 Å². The molecule has 0 unspecified atom stereocenters. The number of halogens is 1. The Morgan fingerprint density at radius 3 is 2.85 bits per heavy atom. The van der Waals surface area contributed by atoms with Crippen LogP contribution in [-0.2, 0) is 10.9 Å². The van der Waals surface area contributed by atoms with Crippen LogP contribution in [0.5, 0.6) is 5.75 Å². The van der Waals surface area contributed by atoms with Crippen molar-refractivity contribution in [3.8, 4) is 5.75 Å². The number of rotatable bonds is 3. The highest BCUT2D eigenvalue weighted by atomic mass is 35.5. The Bertz CT molecular complexity index is 323. The number of aromatic hydroxyl groups is 1. The van der Waals surface area contributed by atoms with Crippen molar-refractivity contribution >= 4 is 17.6 Å². The molecular formula is C9H9ClO3. The van der Waals surface area contributed by atoms with E-state index in [2.05, 4.69) is 4.29 Å². The van der Waals surface area contributed by atoms with Crippen LogP contribution in [0, 0.1) is 0 Å². The van der Waals surface area contributed by atoms with Crippen LogP contribution < -0.4 is 0 Å². The Morgan fingerprint density at radius 1 is 1.62 bits per heavy atom. The first-order chi connectivity index (χ1) is 6.16. The van der Waals surface area contributed by atoms with Gasteiger partial charge in [-0.2, -0.15) is 0 Å². The summed E-state index contributed by atoms with van der Waals surface area (Å²) in [7, 11) is 0. The Morgan fingerprint density at radius 2 is 2.31 bits per heavy atom. The van der Waals surface area contributed by atoms with E-state index in [-0.39, 0.29) is 23.7 Å². The highest BCUT2D eigenvalue weighted by Crippen LogP contribution is 2.23. The molecule has 1 aromatic carbocycles. The van der Waals surface area contributed by atoms with Crippen molar-refractivity contribution in [3.63, 3.8) is 0 Å². The highest BCUT2D eigenvalue weighted by molar-refractivity contribution is 6.07. The molecule has 1 aromatic rings. The minimum absolute atomic E-state index is 0.0596. The minimum Gasteiger partial charge on any atom is -0.507 e. The molecule has 4 heteroatoms. The molecule has 0 saturated carbocycles. The van der Waals surface area contributed by atoms with Gasteiger partial charge in [0.2, 0.25) is 0 Å². The highest BCUT2D eigenvalue weighted by Gasteiger charge is 2.09. The van der Waals surface area contributed by atoms with Crippen molar-refractivity contribution in [1.82, 2.24) is 0 Å². The normalized spacial score (nSPS) is 10.0. The molecule has 0 amide bonds. The molecule has 3 nitrogen and oxygen atoms in total. The van der Waals surface area contributed by atoms with Crippen molar-refractivity contribution in [1.29, 1.82) is 0 Å². The minimum atomic E-state index is -0.186. The van der Waals surface area contributed by atoms with Crippen LogP contribution in [0.3, 0.4) is 0 Å². The lowest BCUT2D eigenvalue weighted by Gasteiger charge is -2.05. The molecule has 0 aliphatic heterocycles. The maximum absolute atomic E-state index is 11.0. The maximum Gasteiger partial charge on any atom is 0.163 e. The molecule has 0 atom stereocenters. The van der Waals surface area contributed by atoms with Crippen LogP contribution in [0.2, 0.25) is 0 Å². The Labute approximate surface area is 81.1 Å². The Hall–Kier alpha value is -1.06. The number of hydrogen-bond donors (Lipinski definition) is 1. The van der Waals surface area contributed by atoms with Gasteiger partial charge in [-0.3, -0.25) is 9.08 Å². The lowest BCUT2D eigenvalue weighted by atomic mass is 10.1. The second-order valence-corrected chi connectivity index (χ2v) is 2.84. The van der Waals surface area contributed by atoms with Crippen LogP contribution in [0.15, 0.2) is 18.2 Å². The zero-order valence-electron chi connectivity index (χ0n) is 7.08. The summed E-state index contributed by atoms with van der Waals surface area (Å²) in [4.78, 5) is 11.0. The quantitative estimate of drug-likeness (QED) is 0.762. The van der Waals surface area contributed by atoms with Gasteiger partial charge in [0.05, 0.1) is 24.0 Å². The number of hydrogen-bond acceptors (Lipinski definition) is 3.